The van der Waals surface area contributed by atoms with Crippen LogP contribution in [0.3, 0.4) is 0 Å². The molecule has 15 heavy (non-hydrogen) atoms. The molecule has 0 radical (unpaired) electrons. The summed E-state index contributed by atoms with van der Waals surface area (Å²) in [6.07, 6.45) is 4.49. The first-order valence-corrected chi connectivity index (χ1v) is 7.90. The number of rotatable bonds is 4. The minimum absolute atomic E-state index is 0.334. The summed E-state index contributed by atoms with van der Waals surface area (Å²) in [5, 5.41) is 0. The average Bonchev–Trinajstić information content (AvgIpc) is 2.30. The van der Waals surface area contributed by atoms with E-state index in [1.807, 2.05) is 13.8 Å². The summed E-state index contributed by atoms with van der Waals surface area (Å²) >= 11 is 0. The van der Waals surface area contributed by atoms with Gasteiger partial charge in [0.25, 0.3) is 0 Å². The van der Waals surface area contributed by atoms with Crippen molar-refractivity contribution < 1.29 is 4.21 Å². The van der Waals surface area contributed by atoms with Crippen molar-refractivity contribution in [2.24, 2.45) is 16.0 Å². The fourth-order valence-electron chi connectivity index (χ4n) is 2.11. The Morgan fingerprint density at radius 3 is 2.13 bits per heavy atom. The molecule has 1 fully saturated rings. The molecule has 0 atom stereocenters. The van der Waals surface area contributed by atoms with Crippen molar-refractivity contribution in [3.8, 4) is 0 Å². The largest absolute Gasteiger partial charge is 0.330 e. The van der Waals surface area contributed by atoms with E-state index < -0.39 is 9.73 Å². The molecule has 0 heterocycles. The molecule has 0 saturated heterocycles. The fourth-order valence-corrected chi connectivity index (χ4v) is 3.57. The van der Waals surface area contributed by atoms with Crippen LogP contribution in [0.25, 0.3) is 0 Å². The van der Waals surface area contributed by atoms with Gasteiger partial charge in [-0.2, -0.15) is 0 Å². The van der Waals surface area contributed by atoms with Crippen molar-refractivity contribution in [1.29, 1.82) is 0 Å². The fraction of sp³-hybridized carbons (Fsp3) is 1.00. The summed E-state index contributed by atoms with van der Waals surface area (Å²) in [4.78, 5) is 0. The number of hydrogen-bond donors (Lipinski definition) is 1. The Labute approximate surface area is 94.0 Å². The number of nitrogens with zero attached hydrogens (tertiary/aromatic N) is 1. The summed E-state index contributed by atoms with van der Waals surface area (Å²) in [7, 11) is -1.89. The second kappa shape index (κ2) is 5.85. The van der Waals surface area contributed by atoms with Crippen LogP contribution in [0, 0.1) is 5.92 Å². The van der Waals surface area contributed by atoms with Gasteiger partial charge in [-0.1, -0.05) is 13.8 Å². The molecule has 0 aromatic carbocycles. The lowest BCUT2D eigenvalue weighted by Crippen LogP contribution is -2.24. The molecule has 2 N–H and O–H groups in total. The van der Waals surface area contributed by atoms with Crippen molar-refractivity contribution in [3.63, 3.8) is 0 Å². The first kappa shape index (κ1) is 13.0. The highest BCUT2D eigenvalue weighted by Crippen LogP contribution is 2.26. The van der Waals surface area contributed by atoms with Crippen molar-refractivity contribution in [1.82, 2.24) is 0 Å². The number of hydrogen-bond acceptors (Lipinski definition) is 3. The van der Waals surface area contributed by atoms with E-state index in [4.69, 9.17) is 5.73 Å². The smallest absolute Gasteiger partial charge is 0.0594 e. The van der Waals surface area contributed by atoms with E-state index in [0.29, 0.717) is 23.5 Å². The Bertz CT molecular complexity index is 277. The Hall–Kier alpha value is -0.0900. The van der Waals surface area contributed by atoms with Gasteiger partial charge in [-0.15, -0.1) is 0 Å². The van der Waals surface area contributed by atoms with E-state index in [0.717, 1.165) is 32.2 Å². The molecule has 0 amide bonds. The molecule has 0 unspecified atom stereocenters. The van der Waals surface area contributed by atoms with Crippen LogP contribution in [0.5, 0.6) is 0 Å². The summed E-state index contributed by atoms with van der Waals surface area (Å²) in [6, 6.07) is 0.334. The Balaban J connectivity index is 2.57. The van der Waals surface area contributed by atoms with Crippen LogP contribution < -0.4 is 5.73 Å². The second-order valence-electron chi connectivity index (χ2n) is 4.37. The molecule has 1 rings (SSSR count). The Kier molecular flexibility index (Phi) is 5.06. The van der Waals surface area contributed by atoms with Gasteiger partial charge in [0.2, 0.25) is 0 Å². The molecule has 0 spiro atoms. The van der Waals surface area contributed by atoms with Crippen molar-refractivity contribution >= 4 is 9.73 Å². The highest BCUT2D eigenvalue weighted by Gasteiger charge is 2.20. The van der Waals surface area contributed by atoms with E-state index in [1.165, 1.54) is 0 Å². The summed E-state index contributed by atoms with van der Waals surface area (Å²) in [5.41, 5.74) is 5.64. The third-order valence-corrected chi connectivity index (χ3v) is 5.88. The van der Waals surface area contributed by atoms with E-state index >= 15 is 0 Å². The van der Waals surface area contributed by atoms with Gasteiger partial charge in [0.05, 0.1) is 6.04 Å². The summed E-state index contributed by atoms with van der Waals surface area (Å²) < 4.78 is 16.7. The van der Waals surface area contributed by atoms with Crippen molar-refractivity contribution in [3.05, 3.63) is 0 Å². The first-order valence-electron chi connectivity index (χ1n) is 6.05. The zero-order valence-corrected chi connectivity index (χ0v) is 10.8. The Morgan fingerprint density at radius 2 is 1.73 bits per heavy atom. The van der Waals surface area contributed by atoms with Crippen LogP contribution in [0.15, 0.2) is 4.36 Å². The van der Waals surface area contributed by atoms with E-state index in [2.05, 4.69) is 4.36 Å². The highest BCUT2D eigenvalue weighted by molar-refractivity contribution is 7.93. The van der Waals surface area contributed by atoms with Crippen LogP contribution in [-0.2, 0) is 9.73 Å². The minimum Gasteiger partial charge on any atom is -0.330 e. The zero-order valence-electron chi connectivity index (χ0n) is 9.95. The monoisotopic (exact) mass is 232 g/mol. The molecule has 0 aliphatic heterocycles. The molecule has 4 heteroatoms. The molecular weight excluding hydrogens is 208 g/mol. The van der Waals surface area contributed by atoms with Gasteiger partial charge in [0.15, 0.2) is 0 Å². The Morgan fingerprint density at radius 1 is 1.20 bits per heavy atom. The normalized spacial score (nSPS) is 27.7. The van der Waals surface area contributed by atoms with Gasteiger partial charge in [0, 0.05) is 21.2 Å². The van der Waals surface area contributed by atoms with E-state index in [9.17, 15) is 4.21 Å². The van der Waals surface area contributed by atoms with Gasteiger partial charge >= 0.3 is 0 Å². The molecule has 90 valence electrons. The number of nitrogens with two attached hydrogens (primary N) is 1. The molecule has 0 aromatic rings. The average molecular weight is 232 g/mol. The zero-order chi connectivity index (χ0) is 11.3. The van der Waals surface area contributed by atoms with Crippen molar-refractivity contribution in [2.75, 3.05) is 18.1 Å². The molecule has 0 aromatic heterocycles. The van der Waals surface area contributed by atoms with Gasteiger partial charge in [-0.3, -0.25) is 0 Å². The molecule has 0 bridgehead atoms. The maximum Gasteiger partial charge on any atom is 0.0594 e. The van der Waals surface area contributed by atoms with Crippen LogP contribution in [-0.4, -0.2) is 28.3 Å². The molecule has 3 nitrogen and oxygen atoms in total. The third-order valence-electron chi connectivity index (χ3n) is 3.39. The predicted octanol–water partition coefficient (Wildman–Crippen LogP) is 2.01. The second-order valence-corrected chi connectivity index (χ2v) is 7.28. The molecule has 1 aliphatic carbocycles. The lowest BCUT2D eigenvalue weighted by atomic mass is 9.87. The van der Waals surface area contributed by atoms with Gasteiger partial charge in [-0.05, 0) is 38.1 Å². The van der Waals surface area contributed by atoms with Crippen LogP contribution >= 0.6 is 0 Å². The van der Waals surface area contributed by atoms with E-state index in [-0.39, 0.29) is 0 Å². The maximum absolute atomic E-state index is 12.2. The summed E-state index contributed by atoms with van der Waals surface area (Å²) in [5.74, 6) is 2.07. The highest BCUT2D eigenvalue weighted by atomic mass is 32.2. The van der Waals surface area contributed by atoms with E-state index in [1.54, 1.807) is 0 Å². The van der Waals surface area contributed by atoms with Gasteiger partial charge in [0.1, 0.15) is 0 Å². The van der Waals surface area contributed by atoms with Crippen LogP contribution in [0.1, 0.15) is 39.5 Å². The lowest BCUT2D eigenvalue weighted by molar-refractivity contribution is 0.335. The van der Waals surface area contributed by atoms with Crippen molar-refractivity contribution in [2.45, 2.75) is 45.6 Å². The quantitative estimate of drug-likeness (QED) is 0.806. The summed E-state index contributed by atoms with van der Waals surface area (Å²) in [6.45, 7) is 4.74. The standard InChI is InChI=1S/C11H24N2OS/c1-3-15(14,4-2)13-11-7-5-10(9-12)6-8-11/h10-11H,3-9,12H2,1-2H3. The third kappa shape index (κ3) is 3.76. The maximum atomic E-state index is 12.2. The SMILES string of the molecule is CCS(=O)(CC)=NC1CCC(CN)CC1. The molecular formula is C11H24N2OS. The minimum atomic E-state index is -1.89. The van der Waals surface area contributed by atoms with Crippen LogP contribution in [0.2, 0.25) is 0 Å². The first-order chi connectivity index (χ1) is 7.13. The van der Waals surface area contributed by atoms with Gasteiger partial charge < -0.3 is 5.73 Å². The molecule has 1 aliphatic rings. The lowest BCUT2D eigenvalue weighted by Gasteiger charge is -2.25. The molecule has 1 saturated carbocycles. The van der Waals surface area contributed by atoms with Gasteiger partial charge in [-0.25, -0.2) is 8.57 Å². The van der Waals surface area contributed by atoms with Crippen LogP contribution in [0.4, 0.5) is 0 Å². The topological polar surface area (TPSA) is 55.5 Å². The predicted molar refractivity (Wildman–Crippen MR) is 66.5 cm³/mol.